The van der Waals surface area contributed by atoms with Gasteiger partial charge in [-0.2, -0.15) is 0 Å². The van der Waals surface area contributed by atoms with Crippen LogP contribution in [0.5, 0.6) is 0 Å². The van der Waals surface area contributed by atoms with Crippen molar-refractivity contribution >= 4 is 17.8 Å². The van der Waals surface area contributed by atoms with Crippen molar-refractivity contribution in [1.82, 2.24) is 20.9 Å². The SMILES string of the molecule is O=C(O)CN[C@H](CC1CCCCC1)C(=O)N1CCC[C@H]1C(=O)NCCCC1CCNCC1. The third-order valence-corrected chi connectivity index (χ3v) is 7.48. The van der Waals surface area contributed by atoms with E-state index in [9.17, 15) is 14.4 Å². The number of nitrogens with zero attached hydrogens (tertiary/aromatic N) is 1. The lowest BCUT2D eigenvalue weighted by atomic mass is 9.84. The minimum absolute atomic E-state index is 0.0594. The summed E-state index contributed by atoms with van der Waals surface area (Å²) in [5, 5.41) is 18.5. The Hall–Kier alpha value is -1.67. The molecule has 0 spiro atoms. The number of carboxylic acids is 1. The van der Waals surface area contributed by atoms with Gasteiger partial charge in [0.25, 0.3) is 0 Å². The van der Waals surface area contributed by atoms with E-state index in [1.807, 2.05) is 0 Å². The van der Waals surface area contributed by atoms with Crippen molar-refractivity contribution in [1.29, 1.82) is 0 Å². The van der Waals surface area contributed by atoms with Crippen molar-refractivity contribution in [3.8, 4) is 0 Å². The van der Waals surface area contributed by atoms with Gasteiger partial charge in [0.05, 0.1) is 12.6 Å². The van der Waals surface area contributed by atoms with Crippen LogP contribution in [0, 0.1) is 11.8 Å². The Labute approximate surface area is 192 Å². The molecule has 2 aliphatic heterocycles. The van der Waals surface area contributed by atoms with E-state index in [-0.39, 0.29) is 18.4 Å². The maximum atomic E-state index is 13.4. The minimum Gasteiger partial charge on any atom is -0.480 e. The van der Waals surface area contributed by atoms with E-state index < -0.39 is 18.1 Å². The van der Waals surface area contributed by atoms with Gasteiger partial charge in [0.2, 0.25) is 11.8 Å². The largest absolute Gasteiger partial charge is 0.480 e. The molecule has 0 aromatic heterocycles. The summed E-state index contributed by atoms with van der Waals surface area (Å²) in [5.41, 5.74) is 0. The van der Waals surface area contributed by atoms with Crippen molar-refractivity contribution in [2.45, 2.75) is 89.1 Å². The Bertz CT molecular complexity index is 617. The van der Waals surface area contributed by atoms with Gasteiger partial charge in [-0.25, -0.2) is 0 Å². The van der Waals surface area contributed by atoms with E-state index >= 15 is 0 Å². The van der Waals surface area contributed by atoms with Gasteiger partial charge < -0.3 is 20.6 Å². The first-order valence-corrected chi connectivity index (χ1v) is 12.8. The highest BCUT2D eigenvalue weighted by Gasteiger charge is 2.37. The maximum absolute atomic E-state index is 13.4. The van der Waals surface area contributed by atoms with Crippen molar-refractivity contribution in [2.75, 3.05) is 32.7 Å². The Morgan fingerprint density at radius 2 is 1.72 bits per heavy atom. The fourth-order valence-electron chi connectivity index (χ4n) is 5.63. The van der Waals surface area contributed by atoms with E-state index in [1.165, 1.54) is 32.1 Å². The Morgan fingerprint density at radius 3 is 2.44 bits per heavy atom. The molecule has 8 heteroatoms. The summed E-state index contributed by atoms with van der Waals surface area (Å²) in [6, 6.07) is -0.954. The summed E-state index contributed by atoms with van der Waals surface area (Å²) in [5.74, 6) is 0.0679. The predicted molar refractivity (Wildman–Crippen MR) is 123 cm³/mol. The van der Waals surface area contributed by atoms with Gasteiger partial charge in [-0.1, -0.05) is 32.1 Å². The summed E-state index contributed by atoms with van der Waals surface area (Å²) < 4.78 is 0. The van der Waals surface area contributed by atoms with E-state index in [4.69, 9.17) is 5.11 Å². The normalized spacial score (nSPS) is 23.8. The summed E-state index contributed by atoms with van der Waals surface area (Å²) in [7, 11) is 0. The number of carbonyl (C=O) groups excluding carboxylic acids is 2. The van der Waals surface area contributed by atoms with Crippen molar-refractivity contribution < 1.29 is 19.5 Å². The van der Waals surface area contributed by atoms with Crippen LogP contribution in [0.25, 0.3) is 0 Å². The number of hydrogen-bond donors (Lipinski definition) is 4. The molecule has 3 fully saturated rings. The molecule has 4 N–H and O–H groups in total. The molecule has 2 saturated heterocycles. The highest BCUT2D eigenvalue weighted by Crippen LogP contribution is 2.29. The fourth-order valence-corrected chi connectivity index (χ4v) is 5.63. The van der Waals surface area contributed by atoms with Crippen molar-refractivity contribution in [2.24, 2.45) is 11.8 Å². The van der Waals surface area contributed by atoms with Crippen LogP contribution in [0.3, 0.4) is 0 Å². The number of aliphatic carboxylic acids is 1. The summed E-state index contributed by atoms with van der Waals surface area (Å²) in [6.45, 7) is 3.18. The number of amides is 2. The highest BCUT2D eigenvalue weighted by molar-refractivity contribution is 5.90. The molecular weight excluding hydrogens is 408 g/mol. The Morgan fingerprint density at radius 1 is 0.969 bits per heavy atom. The van der Waals surface area contributed by atoms with Gasteiger partial charge in [-0.15, -0.1) is 0 Å². The molecule has 1 saturated carbocycles. The van der Waals surface area contributed by atoms with Crippen LogP contribution in [-0.4, -0.2) is 72.6 Å². The summed E-state index contributed by atoms with van der Waals surface area (Å²) >= 11 is 0. The lowest BCUT2D eigenvalue weighted by Crippen LogP contribution is -2.53. The molecule has 32 heavy (non-hydrogen) atoms. The smallest absolute Gasteiger partial charge is 0.317 e. The molecule has 3 aliphatic rings. The van der Waals surface area contributed by atoms with Gasteiger partial charge in [0.15, 0.2) is 0 Å². The number of nitrogens with one attached hydrogen (secondary N) is 3. The third kappa shape index (κ3) is 7.73. The molecule has 182 valence electrons. The number of rotatable bonds is 11. The molecule has 2 heterocycles. The number of likely N-dealkylation sites (tertiary alicyclic amines) is 1. The fraction of sp³-hybridized carbons (Fsp3) is 0.875. The van der Waals surface area contributed by atoms with E-state index in [0.29, 0.717) is 31.8 Å². The van der Waals surface area contributed by atoms with Crippen LogP contribution in [0.2, 0.25) is 0 Å². The molecule has 2 atom stereocenters. The second-order valence-corrected chi connectivity index (χ2v) is 9.88. The zero-order chi connectivity index (χ0) is 22.8. The number of hydrogen-bond acceptors (Lipinski definition) is 5. The first-order chi connectivity index (χ1) is 15.5. The number of carboxylic acid groups (broad SMARTS) is 1. The molecule has 8 nitrogen and oxygen atoms in total. The molecule has 0 radical (unpaired) electrons. The third-order valence-electron chi connectivity index (χ3n) is 7.48. The second kappa shape index (κ2) is 13.1. The number of carbonyl (C=O) groups is 3. The average Bonchev–Trinajstić information content (AvgIpc) is 3.30. The molecule has 0 bridgehead atoms. The molecule has 0 aromatic carbocycles. The molecular formula is C24H42N4O4. The van der Waals surface area contributed by atoms with Crippen molar-refractivity contribution in [3.63, 3.8) is 0 Å². The van der Waals surface area contributed by atoms with Crippen LogP contribution in [0.1, 0.15) is 77.0 Å². The van der Waals surface area contributed by atoms with Crippen LogP contribution in [0.15, 0.2) is 0 Å². The van der Waals surface area contributed by atoms with Crippen molar-refractivity contribution in [3.05, 3.63) is 0 Å². The quantitative estimate of drug-likeness (QED) is 0.358. The molecule has 2 amide bonds. The molecule has 0 aromatic rings. The van der Waals surface area contributed by atoms with Gasteiger partial charge in [-0.3, -0.25) is 19.7 Å². The number of piperidine rings is 1. The van der Waals surface area contributed by atoms with Crippen LogP contribution < -0.4 is 16.0 Å². The van der Waals surface area contributed by atoms with Gasteiger partial charge in [-0.05, 0) is 69.9 Å². The summed E-state index contributed by atoms with van der Waals surface area (Å²) in [4.78, 5) is 39.0. The summed E-state index contributed by atoms with van der Waals surface area (Å²) in [6.07, 6.45) is 12.5. The highest BCUT2D eigenvalue weighted by atomic mass is 16.4. The van der Waals surface area contributed by atoms with E-state index in [0.717, 1.165) is 51.1 Å². The Balaban J connectivity index is 1.49. The second-order valence-electron chi connectivity index (χ2n) is 9.88. The average molecular weight is 451 g/mol. The topological polar surface area (TPSA) is 111 Å². The molecule has 0 unspecified atom stereocenters. The van der Waals surface area contributed by atoms with Crippen LogP contribution >= 0.6 is 0 Å². The zero-order valence-electron chi connectivity index (χ0n) is 19.4. The van der Waals surface area contributed by atoms with E-state index in [2.05, 4.69) is 16.0 Å². The minimum atomic E-state index is -0.962. The predicted octanol–water partition coefficient (Wildman–Crippen LogP) is 1.89. The zero-order valence-corrected chi connectivity index (χ0v) is 19.4. The van der Waals surface area contributed by atoms with Gasteiger partial charge in [0.1, 0.15) is 6.04 Å². The van der Waals surface area contributed by atoms with E-state index in [1.54, 1.807) is 4.90 Å². The lowest BCUT2D eigenvalue weighted by Gasteiger charge is -2.31. The van der Waals surface area contributed by atoms with Crippen LogP contribution in [-0.2, 0) is 14.4 Å². The maximum Gasteiger partial charge on any atom is 0.317 e. The monoisotopic (exact) mass is 450 g/mol. The lowest BCUT2D eigenvalue weighted by molar-refractivity contribution is -0.141. The first kappa shape index (κ1) is 25.0. The standard InChI is InChI=1S/C24H42N4O4/c29-22(30)17-27-20(16-19-6-2-1-3-7-19)24(32)28-15-5-9-21(28)23(31)26-12-4-8-18-10-13-25-14-11-18/h18-21,25,27H,1-17H2,(H,26,31)(H,29,30)/t20-,21+/m1/s1. The van der Waals surface area contributed by atoms with Crippen LogP contribution in [0.4, 0.5) is 0 Å². The first-order valence-electron chi connectivity index (χ1n) is 12.8. The molecule has 1 aliphatic carbocycles. The molecule has 3 rings (SSSR count). The van der Waals surface area contributed by atoms with Gasteiger partial charge >= 0.3 is 5.97 Å². The van der Waals surface area contributed by atoms with Gasteiger partial charge in [0, 0.05) is 13.1 Å². The Kier molecular flexibility index (Phi) is 10.2.